The van der Waals surface area contributed by atoms with Crippen LogP contribution in [-0.2, 0) is 16.0 Å². The molecule has 0 aliphatic rings. The van der Waals surface area contributed by atoms with Crippen LogP contribution in [0.5, 0.6) is 0 Å². The van der Waals surface area contributed by atoms with Gasteiger partial charge in [-0.25, -0.2) is 4.79 Å². The molecule has 0 aromatic heterocycles. The first-order valence-corrected chi connectivity index (χ1v) is 5.32. The quantitative estimate of drug-likeness (QED) is 0.630. The number of aliphatic carboxylic acids is 1. The van der Waals surface area contributed by atoms with Gasteiger partial charge in [-0.1, -0.05) is 29.8 Å². The molecule has 17 heavy (non-hydrogen) atoms. The Labute approximate surface area is 99.6 Å². The molecule has 0 heterocycles. The minimum atomic E-state index is -1.49. The zero-order valence-corrected chi connectivity index (χ0v) is 9.64. The molecule has 0 bridgehead atoms. The Morgan fingerprint density at radius 3 is 2.47 bits per heavy atom. The molecule has 0 fully saturated rings. The van der Waals surface area contributed by atoms with Crippen molar-refractivity contribution < 1.29 is 14.7 Å². The van der Waals surface area contributed by atoms with E-state index in [0.29, 0.717) is 13.0 Å². The first-order valence-electron chi connectivity index (χ1n) is 5.32. The highest BCUT2D eigenvalue weighted by atomic mass is 16.4. The number of amides is 1. The van der Waals surface area contributed by atoms with Crippen LogP contribution in [-0.4, -0.2) is 29.6 Å². The average molecular weight is 236 g/mol. The van der Waals surface area contributed by atoms with Gasteiger partial charge in [-0.3, -0.25) is 4.79 Å². The van der Waals surface area contributed by atoms with Gasteiger partial charge in [0.05, 0.1) is 0 Å². The number of carbonyl (C=O) groups excluding carboxylic acids is 1. The van der Waals surface area contributed by atoms with Gasteiger partial charge in [-0.05, 0) is 18.9 Å². The zero-order chi connectivity index (χ0) is 12.8. The lowest BCUT2D eigenvalue weighted by atomic mass is 10.1. The van der Waals surface area contributed by atoms with Gasteiger partial charge in [-0.2, -0.15) is 0 Å². The number of aryl methyl sites for hydroxylation is 1. The predicted molar refractivity (Wildman–Crippen MR) is 63.5 cm³/mol. The molecule has 5 heteroatoms. The molecule has 1 unspecified atom stereocenters. The molecule has 1 atom stereocenters. The highest BCUT2D eigenvalue weighted by molar-refractivity contribution is 6.00. The van der Waals surface area contributed by atoms with E-state index in [0.717, 1.165) is 5.56 Å². The molecule has 1 aromatic rings. The third-order valence-electron chi connectivity index (χ3n) is 2.38. The van der Waals surface area contributed by atoms with Gasteiger partial charge in [0.1, 0.15) is 0 Å². The van der Waals surface area contributed by atoms with Crippen molar-refractivity contribution in [3.63, 3.8) is 0 Å². The van der Waals surface area contributed by atoms with Gasteiger partial charge in [0, 0.05) is 6.54 Å². The minimum Gasteiger partial charge on any atom is -0.480 e. The number of benzene rings is 1. The summed E-state index contributed by atoms with van der Waals surface area (Å²) in [5, 5.41) is 11.0. The van der Waals surface area contributed by atoms with E-state index in [-0.39, 0.29) is 0 Å². The number of hydrogen-bond acceptors (Lipinski definition) is 3. The predicted octanol–water partition coefficient (Wildman–Crippen LogP) is 0.0656. The van der Waals surface area contributed by atoms with E-state index in [9.17, 15) is 9.59 Å². The highest BCUT2D eigenvalue weighted by Gasteiger charge is 2.20. The Balaban J connectivity index is 2.35. The highest BCUT2D eigenvalue weighted by Crippen LogP contribution is 2.02. The molecule has 0 radical (unpaired) electrons. The van der Waals surface area contributed by atoms with Crippen molar-refractivity contribution in [1.29, 1.82) is 0 Å². The maximum Gasteiger partial charge on any atom is 0.330 e. The van der Waals surface area contributed by atoms with Crippen molar-refractivity contribution in [3.05, 3.63) is 35.4 Å². The van der Waals surface area contributed by atoms with Crippen LogP contribution in [0.3, 0.4) is 0 Å². The van der Waals surface area contributed by atoms with E-state index >= 15 is 0 Å². The molecule has 1 aromatic carbocycles. The fraction of sp³-hybridized carbons (Fsp3) is 0.333. The number of nitrogens with one attached hydrogen (secondary N) is 1. The first-order chi connectivity index (χ1) is 8.00. The Kier molecular flexibility index (Phi) is 4.66. The van der Waals surface area contributed by atoms with Crippen molar-refractivity contribution in [2.75, 3.05) is 6.54 Å². The summed E-state index contributed by atoms with van der Waals surface area (Å²) in [5.74, 6) is -1.98. The Morgan fingerprint density at radius 1 is 1.35 bits per heavy atom. The fourth-order valence-electron chi connectivity index (χ4n) is 1.31. The third-order valence-corrected chi connectivity index (χ3v) is 2.38. The summed E-state index contributed by atoms with van der Waals surface area (Å²) in [5.41, 5.74) is 7.40. The van der Waals surface area contributed by atoms with Crippen molar-refractivity contribution >= 4 is 11.9 Å². The normalized spacial score (nSPS) is 11.9. The largest absolute Gasteiger partial charge is 0.480 e. The third kappa shape index (κ3) is 4.24. The van der Waals surface area contributed by atoms with E-state index in [1.54, 1.807) is 0 Å². The first kappa shape index (κ1) is 13.2. The molecule has 1 amide bonds. The zero-order valence-electron chi connectivity index (χ0n) is 9.64. The summed E-state index contributed by atoms with van der Waals surface area (Å²) in [6.45, 7) is 2.38. The maximum atomic E-state index is 11.2. The topological polar surface area (TPSA) is 92.4 Å². The lowest BCUT2D eigenvalue weighted by Crippen LogP contribution is -2.46. The van der Waals surface area contributed by atoms with Crippen LogP contribution in [0.15, 0.2) is 24.3 Å². The Morgan fingerprint density at radius 2 is 1.94 bits per heavy atom. The second kappa shape index (κ2) is 6.00. The number of carboxylic acids is 1. The van der Waals surface area contributed by atoms with Crippen molar-refractivity contribution in [2.45, 2.75) is 19.4 Å². The van der Waals surface area contributed by atoms with Crippen LogP contribution >= 0.6 is 0 Å². The van der Waals surface area contributed by atoms with Crippen LogP contribution in [0.2, 0.25) is 0 Å². The van der Waals surface area contributed by atoms with Crippen molar-refractivity contribution in [1.82, 2.24) is 5.32 Å². The average Bonchev–Trinajstić information content (AvgIpc) is 2.30. The molecule has 92 valence electrons. The van der Waals surface area contributed by atoms with E-state index in [4.69, 9.17) is 10.8 Å². The molecule has 0 aliphatic carbocycles. The van der Waals surface area contributed by atoms with Gasteiger partial charge in [0.25, 0.3) is 0 Å². The minimum absolute atomic E-state index is 0.378. The summed E-state index contributed by atoms with van der Waals surface area (Å²) < 4.78 is 0. The number of carboxylic acid groups (broad SMARTS) is 1. The number of rotatable bonds is 5. The molecule has 1 rings (SSSR count). The summed E-state index contributed by atoms with van der Waals surface area (Å²) in [6.07, 6.45) is 0.651. The fourth-order valence-corrected chi connectivity index (χ4v) is 1.31. The van der Waals surface area contributed by atoms with E-state index in [1.165, 1.54) is 5.56 Å². The SMILES string of the molecule is Cc1ccc(CCNC(=O)C(N)C(=O)O)cc1. The van der Waals surface area contributed by atoms with Crippen LogP contribution in [0, 0.1) is 6.92 Å². The Bertz CT molecular complexity index is 401. The van der Waals surface area contributed by atoms with Gasteiger partial charge in [0.15, 0.2) is 6.04 Å². The van der Waals surface area contributed by atoms with Gasteiger partial charge in [-0.15, -0.1) is 0 Å². The molecule has 0 aliphatic heterocycles. The molecule has 4 N–H and O–H groups in total. The molecular weight excluding hydrogens is 220 g/mol. The van der Waals surface area contributed by atoms with E-state index in [2.05, 4.69) is 5.32 Å². The van der Waals surface area contributed by atoms with Crippen LogP contribution < -0.4 is 11.1 Å². The molecular formula is C12H16N2O3. The van der Waals surface area contributed by atoms with E-state index in [1.807, 2.05) is 31.2 Å². The number of carbonyl (C=O) groups is 2. The molecule has 5 nitrogen and oxygen atoms in total. The summed E-state index contributed by atoms with van der Waals surface area (Å²) in [7, 11) is 0. The van der Waals surface area contributed by atoms with Gasteiger partial charge < -0.3 is 16.2 Å². The standard InChI is InChI=1S/C12H16N2O3/c1-8-2-4-9(5-3-8)6-7-14-11(15)10(13)12(16)17/h2-5,10H,6-7,13H2,1H3,(H,14,15)(H,16,17). The molecule has 0 spiro atoms. The van der Waals surface area contributed by atoms with E-state index < -0.39 is 17.9 Å². The van der Waals surface area contributed by atoms with Gasteiger partial charge >= 0.3 is 5.97 Å². The second-order valence-electron chi connectivity index (χ2n) is 3.84. The molecule has 0 saturated heterocycles. The summed E-state index contributed by atoms with van der Waals surface area (Å²) in [6, 6.07) is 6.42. The maximum absolute atomic E-state index is 11.2. The summed E-state index contributed by atoms with van der Waals surface area (Å²) >= 11 is 0. The number of nitrogens with two attached hydrogens (primary N) is 1. The second-order valence-corrected chi connectivity index (χ2v) is 3.84. The van der Waals surface area contributed by atoms with Gasteiger partial charge in [0.2, 0.25) is 5.91 Å². The van der Waals surface area contributed by atoms with Crippen LogP contribution in [0.1, 0.15) is 11.1 Å². The summed E-state index contributed by atoms with van der Waals surface area (Å²) in [4.78, 5) is 21.6. The van der Waals surface area contributed by atoms with Crippen molar-refractivity contribution in [3.8, 4) is 0 Å². The lowest BCUT2D eigenvalue weighted by Gasteiger charge is -2.08. The monoisotopic (exact) mass is 236 g/mol. The van der Waals surface area contributed by atoms with Crippen LogP contribution in [0.25, 0.3) is 0 Å². The Hall–Kier alpha value is -1.88. The van der Waals surface area contributed by atoms with Crippen molar-refractivity contribution in [2.24, 2.45) is 5.73 Å². The van der Waals surface area contributed by atoms with Crippen LogP contribution in [0.4, 0.5) is 0 Å². The lowest BCUT2D eigenvalue weighted by molar-refractivity contribution is -0.142. The number of hydrogen-bond donors (Lipinski definition) is 3. The smallest absolute Gasteiger partial charge is 0.330 e. The molecule has 0 saturated carbocycles.